The standard InChI is InChI=1S/C12H18OP/c1-10-7-11(2)9-12(8-10)14(13)5-3-4-6-14/h7-9,13H,3-6H2,1-2H3. The van der Waals surface area contributed by atoms with E-state index in [2.05, 4.69) is 32.0 Å². The topological polar surface area (TPSA) is 20.2 Å². The first-order valence-corrected chi connectivity index (χ1v) is 7.40. The molecule has 0 aliphatic carbocycles. The summed E-state index contributed by atoms with van der Waals surface area (Å²) in [6, 6.07) is 6.52. The summed E-state index contributed by atoms with van der Waals surface area (Å²) in [4.78, 5) is 10.5. The fourth-order valence-corrected chi connectivity index (χ4v) is 5.43. The molecule has 2 heteroatoms. The minimum Gasteiger partial charge on any atom is -0.375 e. The molecule has 2 rings (SSSR count). The van der Waals surface area contributed by atoms with Gasteiger partial charge in [0.1, 0.15) is 0 Å². The molecule has 0 bridgehead atoms. The minimum absolute atomic E-state index is 1.04. The molecule has 1 fully saturated rings. The van der Waals surface area contributed by atoms with Crippen molar-refractivity contribution in [1.29, 1.82) is 0 Å². The molecule has 1 nitrogen and oxygen atoms in total. The lowest BCUT2D eigenvalue weighted by molar-refractivity contribution is 0.617. The van der Waals surface area contributed by atoms with Gasteiger partial charge in [-0.1, -0.05) is 17.2 Å². The van der Waals surface area contributed by atoms with E-state index in [9.17, 15) is 4.89 Å². The zero-order valence-electron chi connectivity index (χ0n) is 8.95. The third kappa shape index (κ3) is 1.85. The van der Waals surface area contributed by atoms with Crippen LogP contribution in [0.3, 0.4) is 0 Å². The first-order chi connectivity index (χ1) is 6.60. The lowest BCUT2D eigenvalue weighted by Crippen LogP contribution is -2.13. The molecular weight excluding hydrogens is 191 g/mol. The van der Waals surface area contributed by atoms with Crippen molar-refractivity contribution in [2.75, 3.05) is 12.3 Å². The number of hydrogen-bond acceptors (Lipinski definition) is 1. The van der Waals surface area contributed by atoms with Gasteiger partial charge in [0, 0.05) is 7.49 Å². The highest BCUT2D eigenvalue weighted by Gasteiger charge is 2.30. The summed E-state index contributed by atoms with van der Waals surface area (Å²) < 4.78 is 0. The first-order valence-electron chi connectivity index (χ1n) is 5.29. The van der Waals surface area contributed by atoms with E-state index in [0.717, 1.165) is 12.3 Å². The molecule has 0 aromatic heterocycles. The van der Waals surface area contributed by atoms with Gasteiger partial charge in [-0.05, 0) is 56.5 Å². The monoisotopic (exact) mass is 209 g/mol. The summed E-state index contributed by atoms with van der Waals surface area (Å²) in [5, 5.41) is 1.23. The van der Waals surface area contributed by atoms with Crippen LogP contribution >= 0.6 is 7.49 Å². The summed E-state index contributed by atoms with van der Waals surface area (Å²) >= 11 is 0. The van der Waals surface area contributed by atoms with Crippen molar-refractivity contribution >= 4 is 12.8 Å². The summed E-state index contributed by atoms with van der Waals surface area (Å²) in [6.07, 6.45) is 4.49. The smallest absolute Gasteiger partial charge is 0.0117 e. The molecule has 1 aromatic rings. The second-order valence-corrected chi connectivity index (χ2v) is 7.68. The average molecular weight is 209 g/mol. The summed E-state index contributed by atoms with van der Waals surface area (Å²) in [6.45, 7) is 4.22. The molecule has 1 aromatic carbocycles. The first kappa shape index (κ1) is 10.1. The molecule has 1 aliphatic heterocycles. The van der Waals surface area contributed by atoms with E-state index in [0.29, 0.717) is 0 Å². The molecule has 77 valence electrons. The summed E-state index contributed by atoms with van der Waals surface area (Å²) in [5.41, 5.74) is 2.56. The predicted molar refractivity (Wildman–Crippen MR) is 63.7 cm³/mol. The molecular formula is C12H18OP. The lowest BCUT2D eigenvalue weighted by Gasteiger charge is -2.25. The SMILES string of the molecule is Cc1cc(C)cc([P]2(O)CCCC2)c1. The van der Waals surface area contributed by atoms with E-state index in [1.807, 2.05) is 0 Å². The van der Waals surface area contributed by atoms with Crippen molar-refractivity contribution in [2.24, 2.45) is 0 Å². The molecule has 0 spiro atoms. The minimum atomic E-state index is -1.73. The van der Waals surface area contributed by atoms with Crippen LogP contribution in [0.4, 0.5) is 0 Å². The maximum absolute atomic E-state index is 10.5. The Morgan fingerprint density at radius 1 is 1.00 bits per heavy atom. The zero-order chi connectivity index (χ0) is 10.2. The van der Waals surface area contributed by atoms with Gasteiger partial charge in [0.15, 0.2) is 0 Å². The zero-order valence-corrected chi connectivity index (χ0v) is 9.85. The highest BCUT2D eigenvalue weighted by Crippen LogP contribution is 2.58. The third-order valence-corrected chi connectivity index (χ3v) is 6.32. The van der Waals surface area contributed by atoms with E-state index in [1.165, 1.54) is 29.3 Å². The largest absolute Gasteiger partial charge is 0.375 e. The fourth-order valence-electron chi connectivity index (χ4n) is 2.31. The van der Waals surface area contributed by atoms with Crippen LogP contribution in [0, 0.1) is 13.8 Å². The van der Waals surface area contributed by atoms with Gasteiger partial charge >= 0.3 is 0 Å². The van der Waals surface area contributed by atoms with Gasteiger partial charge in [-0.25, -0.2) is 0 Å². The number of hydrogen-bond donors (Lipinski definition) is 1. The van der Waals surface area contributed by atoms with Crippen LogP contribution in [0.5, 0.6) is 0 Å². The molecule has 0 atom stereocenters. The van der Waals surface area contributed by atoms with Crippen LogP contribution in [0.2, 0.25) is 0 Å². The molecule has 0 saturated carbocycles. The fraction of sp³-hybridized carbons (Fsp3) is 0.500. The Kier molecular flexibility index (Phi) is 2.64. The van der Waals surface area contributed by atoms with Gasteiger partial charge < -0.3 is 4.89 Å². The van der Waals surface area contributed by atoms with Crippen LogP contribution in [0.15, 0.2) is 18.2 Å². The second-order valence-electron chi connectivity index (χ2n) is 4.42. The van der Waals surface area contributed by atoms with Gasteiger partial charge in [0.05, 0.1) is 0 Å². The van der Waals surface area contributed by atoms with E-state index < -0.39 is 7.49 Å². The summed E-state index contributed by atoms with van der Waals surface area (Å²) in [5.74, 6) is 0. The highest BCUT2D eigenvalue weighted by atomic mass is 31.2. The van der Waals surface area contributed by atoms with Gasteiger partial charge in [-0.2, -0.15) is 0 Å². The Morgan fingerprint density at radius 3 is 2.00 bits per heavy atom. The number of benzene rings is 1. The van der Waals surface area contributed by atoms with Crippen molar-refractivity contribution in [2.45, 2.75) is 26.7 Å². The Labute approximate surface area is 86.6 Å². The average Bonchev–Trinajstić information content (AvgIpc) is 2.52. The maximum atomic E-state index is 10.5. The highest BCUT2D eigenvalue weighted by molar-refractivity contribution is 7.78. The summed E-state index contributed by atoms with van der Waals surface area (Å²) in [7, 11) is -1.73. The van der Waals surface area contributed by atoms with Crippen LogP contribution in [-0.4, -0.2) is 17.2 Å². The van der Waals surface area contributed by atoms with Crippen molar-refractivity contribution in [3.05, 3.63) is 29.3 Å². The van der Waals surface area contributed by atoms with Crippen LogP contribution in [0.1, 0.15) is 24.0 Å². The Morgan fingerprint density at radius 2 is 1.50 bits per heavy atom. The molecule has 0 unspecified atom stereocenters. The molecule has 1 radical (unpaired) electrons. The number of aryl methyl sites for hydroxylation is 2. The third-order valence-electron chi connectivity index (χ3n) is 2.99. The van der Waals surface area contributed by atoms with Gasteiger partial charge in [0.25, 0.3) is 0 Å². The van der Waals surface area contributed by atoms with E-state index in [-0.39, 0.29) is 0 Å². The molecule has 1 aliphatic rings. The second kappa shape index (κ2) is 3.64. The van der Waals surface area contributed by atoms with Crippen molar-refractivity contribution in [1.82, 2.24) is 0 Å². The quantitative estimate of drug-likeness (QED) is 0.705. The van der Waals surface area contributed by atoms with Gasteiger partial charge in [-0.3, -0.25) is 0 Å². The Balaban J connectivity index is 2.40. The van der Waals surface area contributed by atoms with Crippen LogP contribution < -0.4 is 5.30 Å². The lowest BCUT2D eigenvalue weighted by atomic mass is 10.2. The van der Waals surface area contributed by atoms with Gasteiger partial charge in [-0.15, -0.1) is 0 Å². The Bertz CT molecular complexity index is 320. The van der Waals surface area contributed by atoms with Crippen molar-refractivity contribution in [3.8, 4) is 0 Å². The number of rotatable bonds is 1. The molecule has 0 amide bonds. The molecule has 14 heavy (non-hydrogen) atoms. The van der Waals surface area contributed by atoms with Crippen LogP contribution in [0.25, 0.3) is 0 Å². The molecule has 1 heterocycles. The van der Waals surface area contributed by atoms with Crippen molar-refractivity contribution in [3.63, 3.8) is 0 Å². The van der Waals surface area contributed by atoms with Crippen molar-refractivity contribution < 1.29 is 4.89 Å². The van der Waals surface area contributed by atoms with E-state index >= 15 is 0 Å². The van der Waals surface area contributed by atoms with Crippen LogP contribution in [-0.2, 0) is 0 Å². The predicted octanol–water partition coefficient (Wildman–Crippen LogP) is 2.65. The van der Waals surface area contributed by atoms with E-state index in [1.54, 1.807) is 0 Å². The molecule has 1 saturated heterocycles. The normalized spacial score (nSPS) is 19.9. The maximum Gasteiger partial charge on any atom is 0.0117 e. The van der Waals surface area contributed by atoms with E-state index in [4.69, 9.17) is 0 Å². The van der Waals surface area contributed by atoms with Gasteiger partial charge in [0.2, 0.25) is 0 Å². The molecule has 1 N–H and O–H groups in total. The Hall–Kier alpha value is -0.390.